The molecule has 0 bridgehead atoms. The molecule has 4 aromatic carbocycles. The number of rotatable bonds is 5. The first-order chi connectivity index (χ1) is 14.5. The van der Waals surface area contributed by atoms with Crippen LogP contribution in [0.25, 0.3) is 21.5 Å². The van der Waals surface area contributed by atoms with Crippen LogP contribution in [0.2, 0.25) is 0 Å². The van der Waals surface area contributed by atoms with Crippen molar-refractivity contribution in [1.82, 2.24) is 5.43 Å². The number of hydrogen-bond donors (Lipinski definition) is 2. The lowest BCUT2D eigenvalue weighted by molar-refractivity contribution is -0.119. The van der Waals surface area contributed by atoms with Crippen LogP contribution < -0.4 is 10.7 Å². The highest BCUT2D eigenvalue weighted by molar-refractivity contribution is 9.13. The average molecular weight is 590 g/mol. The van der Waals surface area contributed by atoms with Crippen LogP contribution in [0.15, 0.2) is 85.2 Å². The van der Waals surface area contributed by atoms with E-state index in [1.807, 2.05) is 36.4 Å². The molecule has 0 unspecified atom stereocenters. The fourth-order valence-electron chi connectivity index (χ4n) is 3.23. The number of hydrazone groups is 1. The summed E-state index contributed by atoms with van der Waals surface area (Å²) < 4.78 is 2.68. The third-order valence-corrected chi connectivity index (χ3v) is 7.15. The van der Waals surface area contributed by atoms with Crippen LogP contribution in [0.4, 0.5) is 5.69 Å². The molecule has 0 aromatic heterocycles. The number of nitrogens with zero attached hydrogens (tertiary/aromatic N) is 1. The predicted octanol–water partition coefficient (Wildman–Crippen LogP) is 6.84. The monoisotopic (exact) mass is 587 g/mol. The Morgan fingerprint density at radius 2 is 1.43 bits per heavy atom. The minimum absolute atomic E-state index is 0.0975. The van der Waals surface area contributed by atoms with Crippen molar-refractivity contribution in [2.75, 3.05) is 11.9 Å². The number of anilines is 1. The maximum atomic E-state index is 12.3. The third kappa shape index (κ3) is 4.58. The van der Waals surface area contributed by atoms with Gasteiger partial charge in [0.1, 0.15) is 0 Å². The molecule has 30 heavy (non-hydrogen) atoms. The van der Waals surface area contributed by atoms with Gasteiger partial charge in [-0.1, -0.05) is 48.5 Å². The fourth-order valence-corrected chi connectivity index (χ4v) is 4.71. The van der Waals surface area contributed by atoms with Gasteiger partial charge in [-0.15, -0.1) is 0 Å². The molecular formula is C23H16Br3N3O. The zero-order valence-electron chi connectivity index (χ0n) is 15.6. The van der Waals surface area contributed by atoms with E-state index >= 15 is 0 Å². The topological polar surface area (TPSA) is 53.5 Å². The van der Waals surface area contributed by atoms with Gasteiger partial charge in [-0.25, -0.2) is 5.43 Å². The Labute approximate surface area is 199 Å². The second-order valence-corrected chi connectivity index (χ2v) is 9.19. The molecule has 0 atom stereocenters. The van der Waals surface area contributed by atoms with Gasteiger partial charge in [-0.3, -0.25) is 4.79 Å². The lowest BCUT2D eigenvalue weighted by Gasteiger charge is -2.10. The van der Waals surface area contributed by atoms with E-state index in [-0.39, 0.29) is 12.5 Å². The van der Waals surface area contributed by atoms with Crippen LogP contribution in [0.1, 0.15) is 5.56 Å². The molecule has 7 heteroatoms. The van der Waals surface area contributed by atoms with Crippen molar-refractivity contribution in [1.29, 1.82) is 0 Å². The molecule has 0 heterocycles. The zero-order valence-corrected chi connectivity index (χ0v) is 20.4. The van der Waals surface area contributed by atoms with E-state index in [4.69, 9.17) is 0 Å². The van der Waals surface area contributed by atoms with Crippen LogP contribution in [0, 0.1) is 0 Å². The van der Waals surface area contributed by atoms with Crippen molar-refractivity contribution in [2.24, 2.45) is 5.10 Å². The number of hydrogen-bond acceptors (Lipinski definition) is 3. The van der Waals surface area contributed by atoms with E-state index in [1.165, 1.54) is 0 Å². The molecule has 150 valence electrons. The van der Waals surface area contributed by atoms with Crippen molar-refractivity contribution in [3.05, 3.63) is 85.7 Å². The number of carbonyl (C=O) groups is 1. The summed E-state index contributed by atoms with van der Waals surface area (Å²) in [5, 5.41) is 11.8. The molecule has 0 aliphatic heterocycles. The first-order valence-corrected chi connectivity index (χ1v) is 11.5. The van der Waals surface area contributed by atoms with E-state index in [9.17, 15) is 4.79 Å². The quantitative estimate of drug-likeness (QED) is 0.116. The fraction of sp³-hybridized carbons (Fsp3) is 0.0435. The summed E-state index contributed by atoms with van der Waals surface area (Å²) >= 11 is 10.4. The number of benzene rings is 4. The number of carbonyl (C=O) groups excluding carboxylic acids is 1. The maximum Gasteiger partial charge on any atom is 0.259 e. The van der Waals surface area contributed by atoms with Gasteiger partial charge in [0.15, 0.2) is 0 Å². The molecule has 0 radical (unpaired) electrons. The summed E-state index contributed by atoms with van der Waals surface area (Å²) in [5.74, 6) is -0.235. The highest BCUT2D eigenvalue weighted by atomic mass is 79.9. The number of nitrogens with one attached hydrogen (secondary N) is 2. The molecule has 4 rings (SSSR count). The Balaban J connectivity index is 1.51. The molecule has 0 aliphatic rings. The van der Waals surface area contributed by atoms with E-state index < -0.39 is 0 Å². The van der Waals surface area contributed by atoms with Crippen molar-refractivity contribution in [3.8, 4) is 0 Å². The van der Waals surface area contributed by atoms with Crippen molar-refractivity contribution < 1.29 is 4.79 Å². The lowest BCUT2D eigenvalue weighted by Crippen LogP contribution is -2.26. The van der Waals surface area contributed by atoms with Crippen molar-refractivity contribution >= 4 is 87.1 Å². The SMILES string of the molecule is O=C(CNc1cc(Br)c(Br)cc1Br)N/N=C/c1c2ccccc2cc2ccccc12. The molecule has 4 aromatic rings. The molecule has 0 saturated carbocycles. The summed E-state index contributed by atoms with van der Waals surface area (Å²) in [6, 6.07) is 22.3. The highest BCUT2D eigenvalue weighted by Crippen LogP contribution is 2.33. The van der Waals surface area contributed by atoms with Crippen LogP contribution in [-0.4, -0.2) is 18.7 Å². The molecule has 0 aliphatic carbocycles. The summed E-state index contributed by atoms with van der Waals surface area (Å²) in [7, 11) is 0. The number of fused-ring (bicyclic) bond motifs is 2. The molecule has 1 amide bonds. The van der Waals surface area contributed by atoms with Gasteiger partial charge in [-0.2, -0.15) is 5.10 Å². The third-order valence-electron chi connectivity index (χ3n) is 4.65. The normalized spacial score (nSPS) is 11.3. The van der Waals surface area contributed by atoms with Crippen LogP contribution in [-0.2, 0) is 4.79 Å². The molecule has 4 nitrogen and oxygen atoms in total. The second kappa shape index (κ2) is 9.29. The summed E-state index contributed by atoms with van der Waals surface area (Å²) in [5.41, 5.74) is 4.40. The average Bonchev–Trinajstić information content (AvgIpc) is 2.75. The van der Waals surface area contributed by atoms with Gasteiger partial charge in [0.2, 0.25) is 0 Å². The van der Waals surface area contributed by atoms with Gasteiger partial charge in [0.25, 0.3) is 5.91 Å². The van der Waals surface area contributed by atoms with E-state index in [1.54, 1.807) is 6.21 Å². The Kier molecular flexibility index (Phi) is 6.51. The second-order valence-electron chi connectivity index (χ2n) is 6.63. The van der Waals surface area contributed by atoms with Crippen LogP contribution >= 0.6 is 47.8 Å². The smallest absolute Gasteiger partial charge is 0.259 e. The maximum absolute atomic E-state index is 12.3. The minimum Gasteiger partial charge on any atom is -0.375 e. The van der Waals surface area contributed by atoms with Crippen molar-refractivity contribution in [2.45, 2.75) is 0 Å². The van der Waals surface area contributed by atoms with Crippen molar-refractivity contribution in [3.63, 3.8) is 0 Å². The van der Waals surface area contributed by atoms with Gasteiger partial charge in [-0.05, 0) is 87.5 Å². The number of halogens is 3. The summed E-state index contributed by atoms with van der Waals surface area (Å²) in [4.78, 5) is 12.3. The summed E-state index contributed by atoms with van der Waals surface area (Å²) in [6.45, 7) is 0.0975. The minimum atomic E-state index is -0.235. The zero-order chi connectivity index (χ0) is 21.1. The van der Waals surface area contributed by atoms with E-state index in [2.05, 4.69) is 94.0 Å². The molecule has 0 saturated heterocycles. The van der Waals surface area contributed by atoms with E-state index in [0.717, 1.165) is 46.2 Å². The van der Waals surface area contributed by atoms with Crippen LogP contribution in [0.5, 0.6) is 0 Å². The van der Waals surface area contributed by atoms with Gasteiger partial charge >= 0.3 is 0 Å². The Bertz CT molecular complexity index is 1230. The summed E-state index contributed by atoms with van der Waals surface area (Å²) in [6.07, 6.45) is 1.72. The Hall–Kier alpha value is -2.22. The van der Waals surface area contributed by atoms with E-state index in [0.29, 0.717) is 0 Å². The molecule has 2 N–H and O–H groups in total. The predicted molar refractivity (Wildman–Crippen MR) is 135 cm³/mol. The molecular weight excluding hydrogens is 574 g/mol. The first-order valence-electron chi connectivity index (χ1n) is 9.14. The van der Waals surface area contributed by atoms with Gasteiger partial charge < -0.3 is 5.32 Å². The van der Waals surface area contributed by atoms with Gasteiger partial charge in [0, 0.05) is 19.0 Å². The molecule has 0 fully saturated rings. The standard InChI is InChI=1S/C23H16Br3N3O/c24-19-10-21(26)22(11-20(19)25)27-13-23(30)29-28-12-18-16-7-3-1-5-14(16)9-15-6-2-4-8-17(15)18/h1-12,27H,13H2,(H,29,30)/b28-12+. The Morgan fingerprint density at radius 3 is 2.10 bits per heavy atom. The Morgan fingerprint density at radius 1 is 0.833 bits per heavy atom. The van der Waals surface area contributed by atoms with Gasteiger partial charge in [0.05, 0.1) is 18.4 Å². The highest BCUT2D eigenvalue weighted by Gasteiger charge is 2.08. The first kappa shape index (κ1) is 21.0. The lowest BCUT2D eigenvalue weighted by atomic mass is 9.97. The van der Waals surface area contributed by atoms with Crippen LogP contribution in [0.3, 0.4) is 0 Å². The molecule has 0 spiro atoms. The number of amides is 1. The largest absolute Gasteiger partial charge is 0.375 e.